The molecule has 2 heterocycles. The first-order chi connectivity index (χ1) is 8.34. The number of aliphatic hydroxyl groups excluding tert-OH is 1. The Morgan fingerprint density at radius 2 is 2.17 bits per heavy atom. The molecule has 2 unspecified atom stereocenters. The molecule has 0 aliphatic carbocycles. The van der Waals surface area contributed by atoms with E-state index in [2.05, 4.69) is 0 Å². The predicted octanol–water partition coefficient (Wildman–Crippen LogP) is -2.41. The quantitative estimate of drug-likeness (QED) is 0.438. The van der Waals surface area contributed by atoms with Gasteiger partial charge in [-0.2, -0.15) is 0 Å². The van der Waals surface area contributed by atoms with Crippen molar-refractivity contribution in [2.75, 3.05) is 6.61 Å². The molecule has 1 aromatic heterocycles. The SMILES string of the molecule is Cc1cn(C(O)(O)C2OCCC2O)c(=O)[nH]c1=O. The number of aliphatic hydroxyl groups is 3. The van der Waals surface area contributed by atoms with E-state index in [0.29, 0.717) is 4.57 Å². The van der Waals surface area contributed by atoms with E-state index in [-0.39, 0.29) is 18.6 Å². The summed E-state index contributed by atoms with van der Waals surface area (Å²) >= 11 is 0. The molecule has 0 spiro atoms. The fourth-order valence-electron chi connectivity index (χ4n) is 1.90. The Morgan fingerprint density at radius 3 is 2.72 bits per heavy atom. The molecule has 1 aliphatic rings. The van der Waals surface area contributed by atoms with Crippen LogP contribution in [0.4, 0.5) is 0 Å². The van der Waals surface area contributed by atoms with Gasteiger partial charge in [0.15, 0.2) is 6.10 Å². The van der Waals surface area contributed by atoms with E-state index in [1.165, 1.54) is 6.92 Å². The molecule has 2 atom stereocenters. The van der Waals surface area contributed by atoms with Gasteiger partial charge in [0.2, 0.25) is 0 Å². The van der Waals surface area contributed by atoms with E-state index in [9.17, 15) is 24.9 Å². The molecule has 1 fully saturated rings. The Bertz CT molecular complexity index is 560. The molecule has 0 radical (unpaired) electrons. The maximum atomic E-state index is 11.6. The van der Waals surface area contributed by atoms with Crippen LogP contribution in [-0.2, 0) is 10.6 Å². The second-order valence-electron chi connectivity index (χ2n) is 4.28. The first-order valence-corrected chi connectivity index (χ1v) is 5.41. The van der Waals surface area contributed by atoms with Crippen LogP contribution in [-0.4, -0.2) is 43.7 Å². The van der Waals surface area contributed by atoms with Crippen LogP contribution in [0.2, 0.25) is 0 Å². The number of H-pyrrole nitrogens is 1. The van der Waals surface area contributed by atoms with Crippen molar-refractivity contribution in [3.63, 3.8) is 0 Å². The van der Waals surface area contributed by atoms with Gasteiger partial charge >= 0.3 is 5.69 Å². The van der Waals surface area contributed by atoms with Crippen LogP contribution in [0, 0.1) is 6.92 Å². The van der Waals surface area contributed by atoms with E-state index < -0.39 is 29.4 Å². The van der Waals surface area contributed by atoms with Gasteiger partial charge in [0.05, 0.1) is 12.7 Å². The van der Waals surface area contributed by atoms with E-state index in [0.717, 1.165) is 6.20 Å². The highest BCUT2D eigenvalue weighted by molar-refractivity contribution is 5.03. The van der Waals surface area contributed by atoms with Crippen molar-refractivity contribution in [3.8, 4) is 0 Å². The Morgan fingerprint density at radius 1 is 1.50 bits per heavy atom. The molecule has 0 amide bonds. The van der Waals surface area contributed by atoms with Crippen molar-refractivity contribution in [2.24, 2.45) is 0 Å². The lowest BCUT2D eigenvalue weighted by Crippen LogP contribution is -2.54. The zero-order chi connectivity index (χ0) is 13.5. The van der Waals surface area contributed by atoms with Gasteiger partial charge < -0.3 is 20.1 Å². The third-order valence-corrected chi connectivity index (χ3v) is 2.92. The number of aryl methyl sites for hydroxylation is 1. The number of aromatic nitrogens is 2. The molecule has 0 saturated carbocycles. The third kappa shape index (κ3) is 1.99. The average molecular weight is 258 g/mol. The van der Waals surface area contributed by atoms with Crippen LogP contribution in [0.3, 0.4) is 0 Å². The van der Waals surface area contributed by atoms with Gasteiger partial charge in [0, 0.05) is 11.8 Å². The number of ether oxygens (including phenoxy) is 1. The molecule has 100 valence electrons. The Kier molecular flexibility index (Phi) is 3.11. The van der Waals surface area contributed by atoms with Crippen molar-refractivity contribution in [1.29, 1.82) is 0 Å². The van der Waals surface area contributed by atoms with Crippen LogP contribution in [0.1, 0.15) is 12.0 Å². The smallest absolute Gasteiger partial charge is 0.332 e. The van der Waals surface area contributed by atoms with E-state index >= 15 is 0 Å². The lowest BCUT2D eigenvalue weighted by Gasteiger charge is -2.30. The van der Waals surface area contributed by atoms with Gasteiger partial charge in [-0.05, 0) is 13.3 Å². The van der Waals surface area contributed by atoms with Gasteiger partial charge in [0.1, 0.15) is 0 Å². The van der Waals surface area contributed by atoms with Crippen molar-refractivity contribution < 1.29 is 20.1 Å². The first-order valence-electron chi connectivity index (χ1n) is 5.41. The third-order valence-electron chi connectivity index (χ3n) is 2.92. The fourth-order valence-corrected chi connectivity index (χ4v) is 1.90. The zero-order valence-corrected chi connectivity index (χ0v) is 9.66. The molecule has 1 saturated heterocycles. The maximum absolute atomic E-state index is 11.6. The lowest BCUT2D eigenvalue weighted by molar-refractivity contribution is -0.300. The summed E-state index contributed by atoms with van der Waals surface area (Å²) < 4.78 is 5.54. The fraction of sp³-hybridized carbons (Fsp3) is 0.600. The zero-order valence-electron chi connectivity index (χ0n) is 9.66. The van der Waals surface area contributed by atoms with Gasteiger partial charge in [-0.3, -0.25) is 9.78 Å². The highest BCUT2D eigenvalue weighted by atomic mass is 16.6. The molecular formula is C10H14N2O6. The Labute approximate surface area is 101 Å². The molecule has 8 heteroatoms. The minimum absolute atomic E-state index is 0.134. The number of hydrogen-bond acceptors (Lipinski definition) is 6. The summed E-state index contributed by atoms with van der Waals surface area (Å²) in [5.74, 6) is -2.72. The summed E-state index contributed by atoms with van der Waals surface area (Å²) in [6, 6.07) is 0. The first kappa shape index (κ1) is 13.0. The summed E-state index contributed by atoms with van der Waals surface area (Å²) in [7, 11) is 0. The van der Waals surface area contributed by atoms with Crippen LogP contribution in [0.5, 0.6) is 0 Å². The molecule has 8 nitrogen and oxygen atoms in total. The number of aromatic amines is 1. The highest BCUT2D eigenvalue weighted by Gasteiger charge is 2.46. The minimum Gasteiger partial charge on any atom is -0.390 e. The molecule has 0 aromatic carbocycles. The summed E-state index contributed by atoms with van der Waals surface area (Å²) in [6.45, 7) is 1.57. The van der Waals surface area contributed by atoms with E-state index in [1.807, 2.05) is 4.98 Å². The van der Waals surface area contributed by atoms with Crippen LogP contribution in [0.15, 0.2) is 15.8 Å². The largest absolute Gasteiger partial charge is 0.390 e. The molecule has 0 bridgehead atoms. The second-order valence-corrected chi connectivity index (χ2v) is 4.28. The van der Waals surface area contributed by atoms with Crippen LogP contribution < -0.4 is 11.2 Å². The van der Waals surface area contributed by atoms with E-state index in [4.69, 9.17) is 4.74 Å². The molecular weight excluding hydrogens is 244 g/mol. The van der Waals surface area contributed by atoms with E-state index in [1.54, 1.807) is 0 Å². The number of rotatable bonds is 2. The number of nitrogens with zero attached hydrogens (tertiary/aromatic N) is 1. The van der Waals surface area contributed by atoms with Crippen molar-refractivity contribution in [2.45, 2.75) is 31.5 Å². The topological polar surface area (TPSA) is 125 Å². The Balaban J connectivity index is 2.50. The lowest BCUT2D eigenvalue weighted by atomic mass is 10.1. The predicted molar refractivity (Wildman–Crippen MR) is 58.8 cm³/mol. The van der Waals surface area contributed by atoms with Gasteiger partial charge in [-0.25, -0.2) is 9.36 Å². The van der Waals surface area contributed by atoms with Crippen LogP contribution in [0.25, 0.3) is 0 Å². The van der Waals surface area contributed by atoms with Crippen molar-refractivity contribution >= 4 is 0 Å². The molecule has 4 N–H and O–H groups in total. The summed E-state index contributed by atoms with van der Waals surface area (Å²) in [5.41, 5.74) is -1.46. The Hall–Kier alpha value is -1.48. The summed E-state index contributed by atoms with van der Waals surface area (Å²) in [5, 5.41) is 29.5. The monoisotopic (exact) mass is 258 g/mol. The minimum atomic E-state index is -2.72. The molecule has 2 rings (SSSR count). The standard InChI is InChI=1S/C10H14N2O6/c1-5-4-12(9(15)11-8(5)14)10(16,17)7-6(13)2-3-18-7/h4,6-7,13,16-17H,2-3H2,1H3,(H,11,14,15). The highest BCUT2D eigenvalue weighted by Crippen LogP contribution is 2.25. The number of nitrogens with one attached hydrogen (secondary N) is 1. The number of hydrogen-bond donors (Lipinski definition) is 4. The average Bonchev–Trinajstić information content (AvgIpc) is 2.70. The molecule has 18 heavy (non-hydrogen) atoms. The van der Waals surface area contributed by atoms with Crippen molar-refractivity contribution in [1.82, 2.24) is 9.55 Å². The van der Waals surface area contributed by atoms with Gasteiger partial charge in [-0.1, -0.05) is 0 Å². The normalized spacial score (nSPS) is 24.4. The summed E-state index contributed by atoms with van der Waals surface area (Å²) in [4.78, 5) is 24.7. The van der Waals surface area contributed by atoms with Crippen LogP contribution >= 0.6 is 0 Å². The molecule has 1 aromatic rings. The maximum Gasteiger partial charge on any atom is 0.332 e. The second kappa shape index (κ2) is 4.32. The summed E-state index contributed by atoms with van der Waals surface area (Å²) in [6.07, 6.45) is -1.19. The van der Waals surface area contributed by atoms with Gasteiger partial charge in [-0.15, -0.1) is 0 Å². The van der Waals surface area contributed by atoms with Gasteiger partial charge in [0.25, 0.3) is 11.5 Å². The van der Waals surface area contributed by atoms with Crippen molar-refractivity contribution in [3.05, 3.63) is 32.6 Å². The molecule has 1 aliphatic heterocycles.